The maximum absolute atomic E-state index is 10.6. The number of aliphatic carboxylic acids is 1. The van der Waals surface area contributed by atoms with Crippen LogP contribution in [-0.2, 0) is 4.79 Å². The van der Waals surface area contributed by atoms with E-state index in [1.54, 1.807) is 12.1 Å². The lowest BCUT2D eigenvalue weighted by atomic mass is 10.0. The Bertz CT molecular complexity index is 425. The van der Waals surface area contributed by atoms with E-state index in [0.717, 1.165) is 0 Å². The van der Waals surface area contributed by atoms with E-state index < -0.39 is 18.1 Å². The molecule has 0 radical (unpaired) electrons. The van der Waals surface area contributed by atoms with Gasteiger partial charge in [0.2, 0.25) is 6.79 Å². The molecule has 0 saturated carbocycles. The summed E-state index contributed by atoms with van der Waals surface area (Å²) in [6.45, 7) is 0.125. The number of aliphatic hydroxyl groups excluding tert-OH is 1. The standard InChI is InChI=1S/C10H11NO5.ClH/c11-8(10(13)14)9(12)5-1-2-6-7(3-5)16-4-15-6;/h1-3,8-9,12H,4,11H2,(H,13,14);1H/t8-,9+;/m0./s1. The van der Waals surface area contributed by atoms with Gasteiger partial charge in [0.15, 0.2) is 11.5 Å². The van der Waals surface area contributed by atoms with Crippen LogP contribution in [0.5, 0.6) is 11.5 Å². The van der Waals surface area contributed by atoms with Crippen molar-refractivity contribution >= 4 is 18.4 Å². The minimum absolute atomic E-state index is 0. The quantitative estimate of drug-likeness (QED) is 0.722. The number of fused-ring (bicyclic) bond motifs is 1. The van der Waals surface area contributed by atoms with Crippen molar-refractivity contribution in [1.29, 1.82) is 0 Å². The van der Waals surface area contributed by atoms with E-state index in [-0.39, 0.29) is 19.2 Å². The summed E-state index contributed by atoms with van der Waals surface area (Å²) in [6, 6.07) is 3.33. The number of hydrogen-bond acceptors (Lipinski definition) is 5. The molecule has 0 saturated heterocycles. The molecule has 0 spiro atoms. The second-order valence-corrected chi connectivity index (χ2v) is 3.42. The van der Waals surface area contributed by atoms with Crippen molar-refractivity contribution in [3.05, 3.63) is 23.8 Å². The normalized spacial score (nSPS) is 15.9. The Morgan fingerprint density at radius 2 is 2.00 bits per heavy atom. The highest BCUT2D eigenvalue weighted by atomic mass is 35.5. The number of ether oxygens (including phenoxy) is 2. The van der Waals surface area contributed by atoms with Crippen LogP contribution in [0.1, 0.15) is 11.7 Å². The molecule has 1 aliphatic rings. The molecule has 0 bridgehead atoms. The molecular weight excluding hydrogens is 250 g/mol. The molecule has 0 fully saturated rings. The van der Waals surface area contributed by atoms with E-state index >= 15 is 0 Å². The first-order chi connectivity index (χ1) is 7.59. The summed E-state index contributed by atoms with van der Waals surface area (Å²) in [4.78, 5) is 10.6. The number of rotatable bonds is 3. The molecule has 1 heterocycles. The average Bonchev–Trinajstić information content (AvgIpc) is 2.73. The number of benzene rings is 1. The van der Waals surface area contributed by atoms with Crippen molar-refractivity contribution < 1.29 is 24.5 Å². The van der Waals surface area contributed by atoms with Crippen LogP contribution in [0.15, 0.2) is 18.2 Å². The first kappa shape index (κ1) is 13.6. The molecule has 0 aromatic heterocycles. The van der Waals surface area contributed by atoms with E-state index in [1.807, 2.05) is 0 Å². The third-order valence-electron chi connectivity index (χ3n) is 2.36. The fourth-order valence-electron chi connectivity index (χ4n) is 1.44. The number of carboxylic acid groups (broad SMARTS) is 1. The fourth-order valence-corrected chi connectivity index (χ4v) is 1.44. The average molecular weight is 262 g/mol. The third kappa shape index (κ3) is 2.60. The van der Waals surface area contributed by atoms with Gasteiger partial charge in [0.25, 0.3) is 0 Å². The lowest BCUT2D eigenvalue weighted by molar-refractivity contribution is -0.141. The second kappa shape index (κ2) is 5.22. The van der Waals surface area contributed by atoms with Gasteiger partial charge in [-0.15, -0.1) is 12.4 Å². The molecule has 2 rings (SSSR count). The summed E-state index contributed by atoms with van der Waals surface area (Å²) in [7, 11) is 0. The number of halogens is 1. The van der Waals surface area contributed by atoms with E-state index in [2.05, 4.69) is 0 Å². The molecule has 0 amide bonds. The molecular formula is C10H12ClNO5. The molecule has 1 aliphatic heterocycles. The third-order valence-corrected chi connectivity index (χ3v) is 2.36. The van der Waals surface area contributed by atoms with Gasteiger partial charge in [-0.25, -0.2) is 0 Å². The van der Waals surface area contributed by atoms with E-state index in [9.17, 15) is 9.90 Å². The van der Waals surface area contributed by atoms with Gasteiger partial charge in [0.05, 0.1) is 0 Å². The Morgan fingerprint density at radius 1 is 1.35 bits per heavy atom. The van der Waals surface area contributed by atoms with Gasteiger partial charge in [-0.2, -0.15) is 0 Å². The summed E-state index contributed by atoms with van der Waals surface area (Å²) >= 11 is 0. The van der Waals surface area contributed by atoms with Crippen LogP contribution in [-0.4, -0.2) is 29.0 Å². The molecule has 1 aromatic carbocycles. The smallest absolute Gasteiger partial charge is 0.323 e. The number of nitrogens with two attached hydrogens (primary N) is 1. The first-order valence-electron chi connectivity index (χ1n) is 4.65. The van der Waals surface area contributed by atoms with Crippen molar-refractivity contribution in [3.63, 3.8) is 0 Å². The maximum atomic E-state index is 10.6. The number of carboxylic acids is 1. The Balaban J connectivity index is 0.00000144. The molecule has 1 aromatic rings. The Hall–Kier alpha value is -1.50. The number of aliphatic hydroxyl groups is 1. The zero-order valence-electron chi connectivity index (χ0n) is 8.70. The van der Waals surface area contributed by atoms with Crippen molar-refractivity contribution in [3.8, 4) is 11.5 Å². The van der Waals surface area contributed by atoms with Crippen LogP contribution >= 0.6 is 12.4 Å². The molecule has 94 valence electrons. The molecule has 17 heavy (non-hydrogen) atoms. The fraction of sp³-hybridized carbons (Fsp3) is 0.300. The molecule has 0 aliphatic carbocycles. The zero-order chi connectivity index (χ0) is 11.7. The number of hydrogen-bond donors (Lipinski definition) is 3. The van der Waals surface area contributed by atoms with Gasteiger partial charge in [0.1, 0.15) is 12.1 Å². The largest absolute Gasteiger partial charge is 0.480 e. The van der Waals surface area contributed by atoms with Gasteiger partial charge < -0.3 is 25.4 Å². The molecule has 2 atom stereocenters. The van der Waals surface area contributed by atoms with E-state index in [0.29, 0.717) is 17.1 Å². The molecule has 0 unspecified atom stereocenters. The van der Waals surface area contributed by atoms with Gasteiger partial charge in [-0.3, -0.25) is 4.79 Å². The Morgan fingerprint density at radius 3 is 2.65 bits per heavy atom. The first-order valence-corrected chi connectivity index (χ1v) is 4.65. The summed E-state index contributed by atoms with van der Waals surface area (Å²) in [5.74, 6) is -0.209. The predicted octanol–water partition coefficient (Wildman–Crippen LogP) is 0.282. The molecule has 7 heteroatoms. The van der Waals surface area contributed by atoms with Crippen LogP contribution in [0.4, 0.5) is 0 Å². The molecule has 6 nitrogen and oxygen atoms in total. The highest BCUT2D eigenvalue weighted by Gasteiger charge is 2.25. The predicted molar refractivity (Wildman–Crippen MR) is 60.4 cm³/mol. The van der Waals surface area contributed by atoms with Crippen LogP contribution < -0.4 is 15.2 Å². The van der Waals surface area contributed by atoms with Gasteiger partial charge in [0, 0.05) is 0 Å². The molecule has 4 N–H and O–H groups in total. The van der Waals surface area contributed by atoms with Crippen molar-refractivity contribution in [2.45, 2.75) is 12.1 Å². The maximum Gasteiger partial charge on any atom is 0.323 e. The summed E-state index contributed by atoms with van der Waals surface area (Å²) < 4.78 is 10.2. The highest BCUT2D eigenvalue weighted by Crippen LogP contribution is 2.34. The van der Waals surface area contributed by atoms with Gasteiger partial charge in [-0.1, -0.05) is 6.07 Å². The van der Waals surface area contributed by atoms with Crippen molar-refractivity contribution in [2.24, 2.45) is 5.73 Å². The van der Waals surface area contributed by atoms with Crippen molar-refractivity contribution in [1.82, 2.24) is 0 Å². The summed E-state index contributed by atoms with van der Waals surface area (Å²) in [5, 5.41) is 18.4. The van der Waals surface area contributed by atoms with Gasteiger partial charge >= 0.3 is 5.97 Å². The van der Waals surface area contributed by atoms with Crippen molar-refractivity contribution in [2.75, 3.05) is 6.79 Å². The highest BCUT2D eigenvalue weighted by molar-refractivity contribution is 5.85. The summed E-state index contributed by atoms with van der Waals surface area (Å²) in [5.41, 5.74) is 5.70. The van der Waals surface area contributed by atoms with Crippen LogP contribution in [0, 0.1) is 0 Å². The zero-order valence-corrected chi connectivity index (χ0v) is 9.52. The minimum atomic E-state index is -1.36. The van der Waals surface area contributed by atoms with E-state index in [4.69, 9.17) is 20.3 Å². The number of carbonyl (C=O) groups is 1. The van der Waals surface area contributed by atoms with Crippen LogP contribution in [0.3, 0.4) is 0 Å². The second-order valence-electron chi connectivity index (χ2n) is 3.42. The monoisotopic (exact) mass is 261 g/mol. The SMILES string of the molecule is Cl.N[C@H](C(=O)O)[C@H](O)c1ccc2c(c1)OCO2. The Labute approximate surface area is 103 Å². The van der Waals surface area contributed by atoms with Crippen LogP contribution in [0.25, 0.3) is 0 Å². The lowest BCUT2D eigenvalue weighted by Gasteiger charge is -2.15. The van der Waals surface area contributed by atoms with Crippen LogP contribution in [0.2, 0.25) is 0 Å². The minimum Gasteiger partial charge on any atom is -0.480 e. The Kier molecular flexibility index (Phi) is 4.17. The lowest BCUT2D eigenvalue weighted by Crippen LogP contribution is -2.36. The topological polar surface area (TPSA) is 102 Å². The van der Waals surface area contributed by atoms with E-state index in [1.165, 1.54) is 6.07 Å². The summed E-state index contributed by atoms with van der Waals surface area (Å²) in [6.07, 6.45) is -1.27. The van der Waals surface area contributed by atoms with Gasteiger partial charge in [-0.05, 0) is 17.7 Å².